The van der Waals surface area contributed by atoms with Crippen LogP contribution in [0.4, 0.5) is 0 Å². The normalized spacial score (nSPS) is 21.5. The number of nitrogens with zero attached hydrogens (tertiary/aromatic N) is 1. The molecule has 1 fully saturated rings. The molecule has 1 aliphatic rings. The fraction of sp³-hybridized carbons (Fsp3) is 0.333. The van der Waals surface area contributed by atoms with Crippen molar-refractivity contribution < 1.29 is 14.6 Å². The van der Waals surface area contributed by atoms with E-state index in [1.807, 2.05) is 0 Å². The smallest absolute Gasteiger partial charge is 0.309 e. The van der Waals surface area contributed by atoms with Gasteiger partial charge in [0.2, 0.25) is 0 Å². The monoisotopic (exact) mass is 422 g/mol. The molecular weight excluding hydrogens is 396 g/mol. The minimum absolute atomic E-state index is 0.0457. The molecular formula is C24H26N2O3S. The number of rotatable bonds is 5. The van der Waals surface area contributed by atoms with Crippen molar-refractivity contribution in [2.75, 3.05) is 5.75 Å². The van der Waals surface area contributed by atoms with Crippen molar-refractivity contribution in [2.24, 2.45) is 0 Å². The second-order valence-corrected chi connectivity index (χ2v) is 9.31. The Bertz CT molecular complexity index is 976. The Hall–Kier alpha value is -2.57. The molecule has 4 rings (SSSR count). The van der Waals surface area contributed by atoms with E-state index in [-0.39, 0.29) is 18.5 Å². The van der Waals surface area contributed by atoms with Gasteiger partial charge in [-0.1, -0.05) is 71.4 Å². The molecule has 2 heterocycles. The second-order valence-electron chi connectivity index (χ2n) is 8.30. The van der Waals surface area contributed by atoms with Crippen molar-refractivity contribution in [1.82, 2.24) is 9.97 Å². The third kappa shape index (κ3) is 4.77. The number of carbonyl (C=O) groups excluding carboxylic acids is 1. The molecule has 0 spiro atoms. The zero-order valence-corrected chi connectivity index (χ0v) is 18.3. The number of aromatic nitrogens is 2. The Morgan fingerprint density at radius 3 is 2.30 bits per heavy atom. The Morgan fingerprint density at radius 1 is 1.10 bits per heavy atom. The molecule has 2 atom stereocenters. The highest BCUT2D eigenvalue weighted by molar-refractivity contribution is 7.99. The van der Waals surface area contributed by atoms with Gasteiger partial charge in [-0.05, 0) is 20.8 Å². The van der Waals surface area contributed by atoms with Crippen molar-refractivity contribution >= 4 is 17.7 Å². The second kappa shape index (κ2) is 8.28. The van der Waals surface area contributed by atoms with Crippen molar-refractivity contribution in [3.8, 4) is 22.5 Å². The molecule has 2 aromatic carbocycles. The zero-order chi connectivity index (χ0) is 21.3. The van der Waals surface area contributed by atoms with E-state index in [2.05, 4.69) is 67.4 Å². The van der Waals surface area contributed by atoms with Gasteiger partial charge < -0.3 is 14.8 Å². The SMILES string of the molecule is Cc1ccc(-c2nc(SC[C@H]3CC(C)(O)CC(=O)O3)[nH]c2-c2ccc(C)cc2)cc1. The third-order valence-electron chi connectivity index (χ3n) is 5.24. The molecule has 1 aromatic heterocycles. The number of benzene rings is 2. The van der Waals surface area contributed by atoms with Crippen LogP contribution in [0.5, 0.6) is 0 Å². The minimum Gasteiger partial charge on any atom is -0.461 e. The van der Waals surface area contributed by atoms with E-state index in [9.17, 15) is 9.90 Å². The number of aryl methyl sites for hydroxylation is 2. The number of H-pyrrole nitrogens is 1. The summed E-state index contributed by atoms with van der Waals surface area (Å²) in [6, 6.07) is 16.7. The summed E-state index contributed by atoms with van der Waals surface area (Å²) in [7, 11) is 0. The molecule has 0 radical (unpaired) electrons. The van der Waals surface area contributed by atoms with Gasteiger partial charge in [-0.15, -0.1) is 0 Å². The number of esters is 1. The molecule has 6 heteroatoms. The molecule has 5 nitrogen and oxygen atoms in total. The first kappa shape index (κ1) is 20.7. The van der Waals surface area contributed by atoms with Gasteiger partial charge in [0.15, 0.2) is 5.16 Å². The maximum Gasteiger partial charge on any atom is 0.309 e. The van der Waals surface area contributed by atoms with E-state index < -0.39 is 5.60 Å². The number of carbonyl (C=O) groups is 1. The molecule has 0 bridgehead atoms. The predicted molar refractivity (Wildman–Crippen MR) is 119 cm³/mol. The number of imidazole rings is 1. The Morgan fingerprint density at radius 2 is 1.70 bits per heavy atom. The number of cyclic esters (lactones) is 1. The van der Waals surface area contributed by atoms with Crippen LogP contribution in [0.1, 0.15) is 30.9 Å². The lowest BCUT2D eigenvalue weighted by molar-refractivity contribution is -0.165. The molecule has 3 aromatic rings. The van der Waals surface area contributed by atoms with Crippen molar-refractivity contribution in [2.45, 2.75) is 50.5 Å². The van der Waals surface area contributed by atoms with Crippen LogP contribution in [-0.4, -0.2) is 38.5 Å². The lowest BCUT2D eigenvalue weighted by Crippen LogP contribution is -2.41. The van der Waals surface area contributed by atoms with Crippen LogP contribution in [0.25, 0.3) is 22.5 Å². The molecule has 30 heavy (non-hydrogen) atoms. The summed E-state index contributed by atoms with van der Waals surface area (Å²) < 4.78 is 5.41. The molecule has 0 amide bonds. The number of hydrogen-bond donors (Lipinski definition) is 2. The van der Waals surface area contributed by atoms with E-state index in [0.29, 0.717) is 12.2 Å². The highest BCUT2D eigenvalue weighted by Gasteiger charge is 2.36. The van der Waals surface area contributed by atoms with Crippen LogP contribution >= 0.6 is 11.8 Å². The molecule has 1 unspecified atom stereocenters. The van der Waals surface area contributed by atoms with E-state index in [4.69, 9.17) is 9.72 Å². The molecule has 2 N–H and O–H groups in total. The topological polar surface area (TPSA) is 75.2 Å². The zero-order valence-electron chi connectivity index (χ0n) is 17.4. The van der Waals surface area contributed by atoms with Crippen LogP contribution in [-0.2, 0) is 9.53 Å². The van der Waals surface area contributed by atoms with Crippen LogP contribution in [0, 0.1) is 13.8 Å². The van der Waals surface area contributed by atoms with Crippen LogP contribution < -0.4 is 0 Å². The van der Waals surface area contributed by atoms with E-state index in [1.165, 1.54) is 22.9 Å². The summed E-state index contributed by atoms with van der Waals surface area (Å²) >= 11 is 1.51. The predicted octanol–water partition coefficient (Wildman–Crippen LogP) is 4.91. The molecule has 0 aliphatic carbocycles. The molecule has 1 aliphatic heterocycles. The number of ether oxygens (including phenoxy) is 1. The van der Waals surface area contributed by atoms with Crippen LogP contribution in [0.3, 0.4) is 0 Å². The summed E-state index contributed by atoms with van der Waals surface area (Å²) in [4.78, 5) is 20.1. The van der Waals surface area contributed by atoms with E-state index >= 15 is 0 Å². The Kier molecular flexibility index (Phi) is 5.71. The van der Waals surface area contributed by atoms with E-state index in [1.54, 1.807) is 6.92 Å². The van der Waals surface area contributed by atoms with Crippen LogP contribution in [0.15, 0.2) is 53.7 Å². The lowest BCUT2D eigenvalue weighted by Gasteiger charge is -2.32. The fourth-order valence-corrected chi connectivity index (χ4v) is 4.54. The molecule has 156 valence electrons. The maximum atomic E-state index is 11.8. The van der Waals surface area contributed by atoms with Gasteiger partial charge in [-0.3, -0.25) is 4.79 Å². The third-order valence-corrected chi connectivity index (χ3v) is 6.25. The summed E-state index contributed by atoms with van der Waals surface area (Å²) in [6.45, 7) is 5.82. The lowest BCUT2D eigenvalue weighted by atomic mass is 9.93. The largest absolute Gasteiger partial charge is 0.461 e. The number of nitrogens with one attached hydrogen (secondary N) is 1. The molecule has 1 saturated heterocycles. The minimum atomic E-state index is -1.01. The average molecular weight is 423 g/mol. The summed E-state index contributed by atoms with van der Waals surface area (Å²) in [5.74, 6) is 0.188. The molecule has 0 saturated carbocycles. The van der Waals surface area contributed by atoms with E-state index in [0.717, 1.165) is 27.7 Å². The van der Waals surface area contributed by atoms with Gasteiger partial charge in [0, 0.05) is 23.3 Å². The summed E-state index contributed by atoms with van der Waals surface area (Å²) in [5, 5.41) is 11.0. The number of thioether (sulfide) groups is 1. The Labute approximate surface area is 180 Å². The van der Waals surface area contributed by atoms with Crippen molar-refractivity contribution in [1.29, 1.82) is 0 Å². The highest BCUT2D eigenvalue weighted by Crippen LogP contribution is 2.34. The van der Waals surface area contributed by atoms with Crippen molar-refractivity contribution in [3.63, 3.8) is 0 Å². The maximum absolute atomic E-state index is 11.8. The summed E-state index contributed by atoms with van der Waals surface area (Å²) in [6.07, 6.45) is 0.147. The van der Waals surface area contributed by atoms with Gasteiger partial charge >= 0.3 is 5.97 Å². The van der Waals surface area contributed by atoms with Crippen LogP contribution in [0.2, 0.25) is 0 Å². The van der Waals surface area contributed by atoms with Gasteiger partial charge in [0.05, 0.1) is 23.4 Å². The Balaban J connectivity index is 1.61. The van der Waals surface area contributed by atoms with Gasteiger partial charge in [-0.25, -0.2) is 4.98 Å². The first-order valence-electron chi connectivity index (χ1n) is 10.1. The highest BCUT2D eigenvalue weighted by atomic mass is 32.2. The first-order valence-corrected chi connectivity index (χ1v) is 11.1. The summed E-state index contributed by atoms with van der Waals surface area (Å²) in [5.41, 5.74) is 5.38. The number of aliphatic hydroxyl groups is 1. The van der Waals surface area contributed by atoms with Crippen molar-refractivity contribution in [3.05, 3.63) is 59.7 Å². The standard InChI is InChI=1S/C24H26N2O3S/c1-15-4-8-17(9-5-15)21-22(18-10-6-16(2)7-11-18)26-23(25-21)30-14-19-12-24(3,28)13-20(27)29-19/h4-11,19,28H,12-14H2,1-3H3,(H,25,26)/t19-,24?/m1/s1. The van der Waals surface area contributed by atoms with Gasteiger partial charge in [0.1, 0.15) is 6.10 Å². The quantitative estimate of drug-likeness (QED) is 0.451. The average Bonchev–Trinajstić information content (AvgIpc) is 3.10. The first-order chi connectivity index (χ1) is 14.3. The number of aromatic amines is 1. The van der Waals surface area contributed by atoms with Gasteiger partial charge in [-0.2, -0.15) is 0 Å². The van der Waals surface area contributed by atoms with Gasteiger partial charge in [0.25, 0.3) is 0 Å². The fourth-order valence-electron chi connectivity index (χ4n) is 3.68. The number of hydrogen-bond acceptors (Lipinski definition) is 5.